The average molecular weight is 369 g/mol. The van der Waals surface area contributed by atoms with Gasteiger partial charge < -0.3 is 15.0 Å². The van der Waals surface area contributed by atoms with E-state index in [0.717, 1.165) is 19.1 Å². The Morgan fingerprint density at radius 1 is 1.22 bits per heavy atom. The Morgan fingerprint density at radius 2 is 1.83 bits per heavy atom. The van der Waals surface area contributed by atoms with Gasteiger partial charge in [0.25, 0.3) is 0 Å². The summed E-state index contributed by atoms with van der Waals surface area (Å²) < 4.78 is 5.90. The van der Waals surface area contributed by atoms with E-state index in [1.807, 2.05) is 19.0 Å². The molecule has 0 amide bonds. The monoisotopic (exact) mass is 369 g/mol. The third kappa shape index (κ3) is 7.41. The number of aliphatic imine (C=N–C) groups is 1. The van der Waals surface area contributed by atoms with Gasteiger partial charge in [-0.25, -0.2) is 0 Å². The van der Waals surface area contributed by atoms with Gasteiger partial charge in [-0.3, -0.25) is 4.99 Å². The highest BCUT2D eigenvalue weighted by Gasteiger charge is 2.12. The molecule has 0 aliphatic heterocycles. The summed E-state index contributed by atoms with van der Waals surface area (Å²) in [5, 5.41) is 3.27. The first kappa shape index (κ1) is 18.0. The van der Waals surface area contributed by atoms with Crippen molar-refractivity contribution in [2.24, 2.45) is 4.99 Å². The fraction of sp³-hybridized carbons (Fsp3) is 0.923. The van der Waals surface area contributed by atoms with Crippen LogP contribution in [-0.2, 0) is 4.74 Å². The molecule has 108 valence electrons. The van der Waals surface area contributed by atoms with Crippen molar-refractivity contribution in [3.8, 4) is 0 Å². The van der Waals surface area contributed by atoms with E-state index in [9.17, 15) is 0 Å². The van der Waals surface area contributed by atoms with Crippen LogP contribution < -0.4 is 5.32 Å². The van der Waals surface area contributed by atoms with Gasteiger partial charge in [-0.15, -0.1) is 24.0 Å². The van der Waals surface area contributed by atoms with E-state index in [1.54, 1.807) is 7.05 Å². The van der Waals surface area contributed by atoms with Gasteiger partial charge in [0.1, 0.15) is 0 Å². The molecule has 0 saturated heterocycles. The molecule has 1 N–H and O–H groups in total. The highest BCUT2D eigenvalue weighted by atomic mass is 127. The van der Waals surface area contributed by atoms with E-state index in [2.05, 4.69) is 10.3 Å². The third-order valence-corrected chi connectivity index (χ3v) is 3.18. The topological polar surface area (TPSA) is 36.9 Å². The van der Waals surface area contributed by atoms with Crippen LogP contribution in [0.25, 0.3) is 0 Å². The molecule has 1 rings (SSSR count). The lowest BCUT2D eigenvalue weighted by molar-refractivity contribution is 0.0466. The van der Waals surface area contributed by atoms with Crippen molar-refractivity contribution in [2.75, 3.05) is 34.3 Å². The zero-order chi connectivity index (χ0) is 12.5. The van der Waals surface area contributed by atoms with Crippen LogP contribution in [0.2, 0.25) is 0 Å². The first-order valence-electron chi connectivity index (χ1n) is 6.73. The molecule has 4 nitrogen and oxygen atoms in total. The lowest BCUT2D eigenvalue weighted by Gasteiger charge is -2.19. The molecule has 0 aromatic rings. The summed E-state index contributed by atoms with van der Waals surface area (Å²) in [5.74, 6) is 0.912. The summed E-state index contributed by atoms with van der Waals surface area (Å²) in [7, 11) is 5.78. The lowest BCUT2D eigenvalue weighted by Crippen LogP contribution is -2.38. The average Bonchev–Trinajstić information content (AvgIpc) is 2.57. The molecule has 0 aromatic heterocycles. The van der Waals surface area contributed by atoms with Crippen LogP contribution in [-0.4, -0.2) is 51.3 Å². The number of ether oxygens (including phenoxy) is 1. The van der Waals surface area contributed by atoms with E-state index in [0.29, 0.717) is 6.10 Å². The Labute approximate surface area is 129 Å². The summed E-state index contributed by atoms with van der Waals surface area (Å²) in [6, 6.07) is 0. The molecule has 0 bridgehead atoms. The van der Waals surface area contributed by atoms with Gasteiger partial charge in [0, 0.05) is 27.7 Å². The fourth-order valence-electron chi connectivity index (χ4n) is 2.23. The van der Waals surface area contributed by atoms with Crippen LogP contribution in [0.5, 0.6) is 0 Å². The van der Waals surface area contributed by atoms with E-state index in [1.165, 1.54) is 38.5 Å². The van der Waals surface area contributed by atoms with Gasteiger partial charge >= 0.3 is 0 Å². The molecule has 18 heavy (non-hydrogen) atoms. The number of hydrogen-bond donors (Lipinski definition) is 1. The van der Waals surface area contributed by atoms with Crippen LogP contribution in [0, 0.1) is 0 Å². The maximum atomic E-state index is 5.90. The molecule has 1 saturated carbocycles. The minimum absolute atomic E-state index is 0. The summed E-state index contributed by atoms with van der Waals surface area (Å²) in [6.07, 6.45) is 8.39. The van der Waals surface area contributed by atoms with E-state index >= 15 is 0 Å². The Morgan fingerprint density at radius 3 is 2.33 bits per heavy atom. The van der Waals surface area contributed by atoms with E-state index < -0.39 is 0 Å². The number of halogens is 1. The Hall–Kier alpha value is -0.0400. The smallest absolute Gasteiger partial charge is 0.193 e. The van der Waals surface area contributed by atoms with Crippen LogP contribution in [0.4, 0.5) is 0 Å². The van der Waals surface area contributed by atoms with Crippen molar-refractivity contribution < 1.29 is 4.74 Å². The number of nitrogens with one attached hydrogen (secondary N) is 1. The molecule has 0 unspecified atom stereocenters. The van der Waals surface area contributed by atoms with Crippen LogP contribution in [0.1, 0.15) is 38.5 Å². The van der Waals surface area contributed by atoms with E-state index in [-0.39, 0.29) is 24.0 Å². The Bertz CT molecular complexity index is 226. The largest absolute Gasteiger partial charge is 0.376 e. The van der Waals surface area contributed by atoms with Crippen molar-refractivity contribution in [1.29, 1.82) is 0 Å². The zero-order valence-corrected chi connectivity index (χ0v) is 14.3. The van der Waals surface area contributed by atoms with Gasteiger partial charge in [0.15, 0.2) is 5.96 Å². The molecule has 0 atom stereocenters. The predicted octanol–water partition coefficient (Wildman–Crippen LogP) is 2.48. The second-order valence-corrected chi connectivity index (χ2v) is 4.85. The number of rotatable bonds is 4. The van der Waals surface area contributed by atoms with Gasteiger partial charge in [-0.1, -0.05) is 25.7 Å². The second kappa shape index (κ2) is 10.8. The third-order valence-electron chi connectivity index (χ3n) is 3.18. The molecular weight excluding hydrogens is 341 g/mol. The first-order chi connectivity index (χ1) is 8.24. The summed E-state index contributed by atoms with van der Waals surface area (Å²) >= 11 is 0. The molecule has 5 heteroatoms. The van der Waals surface area contributed by atoms with Crippen LogP contribution >= 0.6 is 24.0 Å². The molecule has 1 aliphatic rings. The number of hydrogen-bond acceptors (Lipinski definition) is 2. The highest BCUT2D eigenvalue weighted by Crippen LogP contribution is 2.19. The minimum atomic E-state index is 0. The van der Waals surface area contributed by atoms with Crippen molar-refractivity contribution in [1.82, 2.24) is 10.2 Å². The minimum Gasteiger partial charge on any atom is -0.376 e. The standard InChI is InChI=1S/C13H27N3O.HI/c1-14-13(16(2)3)15-10-11-17-12-8-6-4-5-7-9-12;/h12H,4-11H2,1-3H3,(H,14,15);1H. The predicted molar refractivity (Wildman–Crippen MR) is 87.9 cm³/mol. The lowest BCUT2D eigenvalue weighted by atomic mass is 10.1. The number of nitrogens with zero attached hydrogens (tertiary/aromatic N) is 2. The molecular formula is C13H28IN3O. The molecule has 0 radical (unpaired) electrons. The van der Waals surface area contributed by atoms with Crippen molar-refractivity contribution in [3.05, 3.63) is 0 Å². The molecule has 1 aliphatic carbocycles. The van der Waals surface area contributed by atoms with Gasteiger partial charge in [-0.05, 0) is 12.8 Å². The van der Waals surface area contributed by atoms with Gasteiger partial charge in [0.2, 0.25) is 0 Å². The maximum Gasteiger partial charge on any atom is 0.193 e. The Balaban J connectivity index is 0.00000289. The summed E-state index contributed by atoms with van der Waals surface area (Å²) in [4.78, 5) is 6.14. The molecule has 0 heterocycles. The van der Waals surface area contributed by atoms with Crippen molar-refractivity contribution in [3.63, 3.8) is 0 Å². The SMILES string of the molecule is CN=C(NCCOC1CCCCCC1)N(C)C.I. The second-order valence-electron chi connectivity index (χ2n) is 4.85. The fourth-order valence-corrected chi connectivity index (χ4v) is 2.23. The van der Waals surface area contributed by atoms with Crippen LogP contribution in [0.15, 0.2) is 4.99 Å². The zero-order valence-electron chi connectivity index (χ0n) is 11.9. The maximum absolute atomic E-state index is 5.90. The Kier molecular flexibility index (Phi) is 10.8. The van der Waals surface area contributed by atoms with Gasteiger partial charge in [0.05, 0.1) is 12.7 Å². The van der Waals surface area contributed by atoms with Gasteiger partial charge in [-0.2, -0.15) is 0 Å². The first-order valence-corrected chi connectivity index (χ1v) is 6.73. The molecule has 0 aromatic carbocycles. The highest BCUT2D eigenvalue weighted by molar-refractivity contribution is 14.0. The normalized spacial score (nSPS) is 17.8. The van der Waals surface area contributed by atoms with Crippen molar-refractivity contribution in [2.45, 2.75) is 44.6 Å². The van der Waals surface area contributed by atoms with E-state index in [4.69, 9.17) is 4.74 Å². The summed E-state index contributed by atoms with van der Waals surface area (Å²) in [5.41, 5.74) is 0. The van der Waals surface area contributed by atoms with Crippen LogP contribution in [0.3, 0.4) is 0 Å². The number of guanidine groups is 1. The quantitative estimate of drug-likeness (QED) is 0.272. The molecule has 1 fully saturated rings. The van der Waals surface area contributed by atoms with Crippen molar-refractivity contribution >= 4 is 29.9 Å². The molecule has 0 spiro atoms. The summed E-state index contributed by atoms with van der Waals surface area (Å²) in [6.45, 7) is 1.61.